The number of ether oxygens (including phenoxy) is 2. The number of benzene rings is 2. The smallest absolute Gasteiger partial charge is 0.187 e. The van der Waals surface area contributed by atoms with Crippen molar-refractivity contribution in [2.75, 3.05) is 12.4 Å². The van der Waals surface area contributed by atoms with Crippen molar-refractivity contribution >= 4 is 11.8 Å². The lowest BCUT2D eigenvalue weighted by Crippen LogP contribution is -2.00. The van der Waals surface area contributed by atoms with Crippen molar-refractivity contribution in [3.05, 3.63) is 73.1 Å². The summed E-state index contributed by atoms with van der Waals surface area (Å²) in [6.45, 7) is 0.599. The van der Waals surface area contributed by atoms with E-state index in [4.69, 9.17) is 9.47 Å². The van der Waals surface area contributed by atoms with Gasteiger partial charge < -0.3 is 9.47 Å². The molecule has 1 heterocycles. The summed E-state index contributed by atoms with van der Waals surface area (Å²) in [7, 11) is 0. The Bertz CT molecular complexity index is 706. The van der Waals surface area contributed by atoms with E-state index in [2.05, 4.69) is 9.97 Å². The van der Waals surface area contributed by atoms with Gasteiger partial charge in [-0.05, 0) is 42.5 Å². The first-order chi connectivity index (χ1) is 11.4. The fourth-order valence-corrected chi connectivity index (χ4v) is 2.50. The Hall–Kier alpha value is -2.53. The molecule has 0 N–H and O–H groups in total. The average molecular weight is 324 g/mol. The van der Waals surface area contributed by atoms with Crippen LogP contribution in [0.5, 0.6) is 17.2 Å². The van der Waals surface area contributed by atoms with Crippen LogP contribution in [-0.4, -0.2) is 22.3 Å². The van der Waals surface area contributed by atoms with Crippen LogP contribution < -0.4 is 9.47 Å². The van der Waals surface area contributed by atoms with Crippen molar-refractivity contribution < 1.29 is 9.47 Å². The molecular weight excluding hydrogens is 308 g/mol. The van der Waals surface area contributed by atoms with Crippen LogP contribution in [0.4, 0.5) is 0 Å². The summed E-state index contributed by atoms with van der Waals surface area (Å²) < 4.78 is 11.4. The molecule has 116 valence electrons. The van der Waals surface area contributed by atoms with Gasteiger partial charge in [0, 0.05) is 18.1 Å². The molecule has 2 aromatic carbocycles. The number of para-hydroxylation sites is 1. The topological polar surface area (TPSA) is 44.2 Å². The predicted octanol–water partition coefficient (Wildman–Crippen LogP) is 4.44. The van der Waals surface area contributed by atoms with Gasteiger partial charge in [-0.1, -0.05) is 30.0 Å². The lowest BCUT2D eigenvalue weighted by Gasteiger charge is -2.08. The number of hydrogen-bond acceptors (Lipinski definition) is 5. The monoisotopic (exact) mass is 324 g/mol. The zero-order chi connectivity index (χ0) is 15.7. The van der Waals surface area contributed by atoms with Gasteiger partial charge in [-0.25, -0.2) is 9.97 Å². The first kappa shape index (κ1) is 15.4. The summed E-state index contributed by atoms with van der Waals surface area (Å²) in [5.74, 6) is 3.22. The Morgan fingerprint density at radius 2 is 1.39 bits per heavy atom. The van der Waals surface area contributed by atoms with Crippen LogP contribution in [0.2, 0.25) is 0 Å². The molecule has 0 radical (unpaired) electrons. The summed E-state index contributed by atoms with van der Waals surface area (Å²) in [4.78, 5) is 8.31. The molecule has 0 spiro atoms. The summed E-state index contributed by atoms with van der Waals surface area (Å²) in [6, 6.07) is 19.1. The molecule has 0 unspecified atom stereocenters. The molecule has 0 amide bonds. The van der Waals surface area contributed by atoms with Gasteiger partial charge in [0.15, 0.2) is 5.16 Å². The fraction of sp³-hybridized carbons (Fsp3) is 0.111. The zero-order valence-corrected chi connectivity index (χ0v) is 13.3. The highest BCUT2D eigenvalue weighted by Gasteiger charge is 2.00. The predicted molar refractivity (Wildman–Crippen MR) is 91.2 cm³/mol. The molecule has 0 saturated heterocycles. The molecule has 4 nitrogen and oxygen atoms in total. The van der Waals surface area contributed by atoms with E-state index in [1.165, 1.54) is 0 Å². The molecule has 1 aromatic heterocycles. The van der Waals surface area contributed by atoms with Crippen LogP contribution in [0.3, 0.4) is 0 Å². The quantitative estimate of drug-likeness (QED) is 0.365. The molecule has 3 rings (SSSR count). The normalized spacial score (nSPS) is 10.3. The Morgan fingerprint density at radius 1 is 0.739 bits per heavy atom. The minimum absolute atomic E-state index is 0.599. The van der Waals surface area contributed by atoms with Crippen molar-refractivity contribution in [3.8, 4) is 17.2 Å². The van der Waals surface area contributed by atoms with E-state index in [9.17, 15) is 0 Å². The van der Waals surface area contributed by atoms with Crippen LogP contribution >= 0.6 is 11.8 Å². The Kier molecular flexibility index (Phi) is 5.48. The lowest BCUT2D eigenvalue weighted by molar-refractivity contribution is 0.343. The molecule has 0 atom stereocenters. The molecule has 3 aromatic rings. The molecule has 5 heteroatoms. The Balaban J connectivity index is 1.44. The minimum atomic E-state index is 0.599. The second-order valence-corrected chi connectivity index (χ2v) is 5.68. The van der Waals surface area contributed by atoms with Gasteiger partial charge in [-0.3, -0.25) is 0 Å². The van der Waals surface area contributed by atoms with Crippen molar-refractivity contribution in [1.29, 1.82) is 0 Å². The number of thioether (sulfide) groups is 1. The van der Waals surface area contributed by atoms with E-state index >= 15 is 0 Å². The maximum absolute atomic E-state index is 5.74. The summed E-state index contributed by atoms with van der Waals surface area (Å²) in [5.41, 5.74) is 0. The summed E-state index contributed by atoms with van der Waals surface area (Å²) >= 11 is 1.57. The van der Waals surface area contributed by atoms with Gasteiger partial charge in [-0.15, -0.1) is 0 Å². The molecular formula is C18H16N2O2S. The van der Waals surface area contributed by atoms with Gasteiger partial charge in [0.2, 0.25) is 0 Å². The van der Waals surface area contributed by atoms with Crippen molar-refractivity contribution in [1.82, 2.24) is 9.97 Å². The van der Waals surface area contributed by atoms with Gasteiger partial charge >= 0.3 is 0 Å². The molecule has 0 aliphatic rings. The largest absolute Gasteiger partial charge is 0.493 e. The van der Waals surface area contributed by atoms with E-state index in [1.54, 1.807) is 30.2 Å². The average Bonchev–Trinajstić information content (AvgIpc) is 2.62. The number of aromatic nitrogens is 2. The van der Waals surface area contributed by atoms with Gasteiger partial charge in [-0.2, -0.15) is 0 Å². The standard InChI is InChI=1S/C18H16N2O2S/c1-2-5-16(6-3-1)22-17-9-7-15(8-10-17)21-13-14-23-18-19-11-4-12-20-18/h1-12H,13-14H2. The van der Waals surface area contributed by atoms with Crippen LogP contribution in [-0.2, 0) is 0 Å². The summed E-state index contributed by atoms with van der Waals surface area (Å²) in [5, 5.41) is 0.766. The zero-order valence-electron chi connectivity index (χ0n) is 12.5. The highest BCUT2D eigenvalue weighted by molar-refractivity contribution is 7.99. The van der Waals surface area contributed by atoms with Gasteiger partial charge in [0.25, 0.3) is 0 Å². The molecule has 23 heavy (non-hydrogen) atoms. The second kappa shape index (κ2) is 8.19. The Morgan fingerprint density at radius 3 is 2.13 bits per heavy atom. The van der Waals surface area contributed by atoms with Crippen molar-refractivity contribution in [2.45, 2.75) is 5.16 Å². The lowest BCUT2D eigenvalue weighted by atomic mass is 10.3. The molecule has 0 aliphatic carbocycles. The Labute approximate surface area is 139 Å². The second-order valence-electron chi connectivity index (χ2n) is 4.61. The highest BCUT2D eigenvalue weighted by Crippen LogP contribution is 2.23. The first-order valence-corrected chi connectivity index (χ1v) is 8.24. The van der Waals surface area contributed by atoms with E-state index < -0.39 is 0 Å². The SMILES string of the molecule is c1ccc(Oc2ccc(OCCSc3ncccn3)cc2)cc1. The third-order valence-electron chi connectivity index (χ3n) is 2.93. The van der Waals surface area contributed by atoms with Crippen molar-refractivity contribution in [2.24, 2.45) is 0 Å². The first-order valence-electron chi connectivity index (χ1n) is 7.26. The highest BCUT2D eigenvalue weighted by atomic mass is 32.2. The minimum Gasteiger partial charge on any atom is -0.493 e. The van der Waals surface area contributed by atoms with Gasteiger partial charge in [0.1, 0.15) is 17.2 Å². The van der Waals surface area contributed by atoms with Crippen LogP contribution in [0.25, 0.3) is 0 Å². The van der Waals surface area contributed by atoms with E-state index in [1.807, 2.05) is 54.6 Å². The van der Waals surface area contributed by atoms with Crippen LogP contribution in [0.1, 0.15) is 0 Å². The maximum atomic E-state index is 5.74. The fourth-order valence-electron chi connectivity index (χ4n) is 1.88. The number of rotatable bonds is 7. The molecule has 0 aliphatic heterocycles. The van der Waals surface area contributed by atoms with Gasteiger partial charge in [0.05, 0.1) is 6.61 Å². The van der Waals surface area contributed by atoms with Crippen LogP contribution in [0, 0.1) is 0 Å². The van der Waals surface area contributed by atoms with Crippen molar-refractivity contribution in [3.63, 3.8) is 0 Å². The third kappa shape index (κ3) is 5.00. The third-order valence-corrected chi connectivity index (χ3v) is 3.77. The van der Waals surface area contributed by atoms with Crippen LogP contribution in [0.15, 0.2) is 78.2 Å². The van der Waals surface area contributed by atoms with E-state index in [0.717, 1.165) is 28.2 Å². The number of nitrogens with zero attached hydrogens (tertiary/aromatic N) is 2. The maximum Gasteiger partial charge on any atom is 0.187 e. The molecule has 0 fully saturated rings. The molecule has 0 bridgehead atoms. The van der Waals surface area contributed by atoms with E-state index in [0.29, 0.717) is 6.61 Å². The molecule has 0 saturated carbocycles. The number of hydrogen-bond donors (Lipinski definition) is 0. The van der Waals surface area contributed by atoms with E-state index in [-0.39, 0.29) is 0 Å². The summed E-state index contributed by atoms with van der Waals surface area (Å²) in [6.07, 6.45) is 3.48.